The minimum Gasteiger partial charge on any atom is -0.396 e. The first-order valence-corrected chi connectivity index (χ1v) is 5.59. The van der Waals surface area contributed by atoms with Gasteiger partial charge in [-0.2, -0.15) is 11.8 Å². The van der Waals surface area contributed by atoms with Gasteiger partial charge in [0.05, 0.1) is 12.3 Å². The lowest BCUT2D eigenvalue weighted by Gasteiger charge is -2.02. The van der Waals surface area contributed by atoms with Crippen LogP contribution in [0.2, 0.25) is 0 Å². The Bertz CT molecular complexity index is 333. The van der Waals surface area contributed by atoms with Crippen molar-refractivity contribution in [1.29, 1.82) is 0 Å². The molecule has 1 aromatic heterocycles. The van der Waals surface area contributed by atoms with E-state index < -0.39 is 5.91 Å². The predicted octanol–water partition coefficient (Wildman–Crippen LogP) is -0.0894. The van der Waals surface area contributed by atoms with Crippen LogP contribution in [0.15, 0.2) is 18.2 Å². The van der Waals surface area contributed by atoms with E-state index in [0.29, 0.717) is 17.2 Å². The van der Waals surface area contributed by atoms with Gasteiger partial charge < -0.3 is 5.11 Å². The van der Waals surface area contributed by atoms with Crippen molar-refractivity contribution in [2.24, 2.45) is 5.84 Å². The van der Waals surface area contributed by atoms with E-state index in [9.17, 15) is 4.79 Å². The molecular weight excluding hydrogens is 214 g/mol. The van der Waals surface area contributed by atoms with Gasteiger partial charge in [-0.25, -0.2) is 10.8 Å². The topological polar surface area (TPSA) is 88.2 Å². The van der Waals surface area contributed by atoms with Crippen LogP contribution in [0.4, 0.5) is 0 Å². The normalized spacial score (nSPS) is 10.0. The number of nitrogens with two attached hydrogens (primary N) is 1. The number of hydrogen-bond donors (Lipinski definition) is 3. The number of pyridine rings is 1. The lowest BCUT2D eigenvalue weighted by Crippen LogP contribution is -2.30. The summed E-state index contributed by atoms with van der Waals surface area (Å²) in [5, 5.41) is 8.60. The number of carbonyl (C=O) groups is 1. The second kappa shape index (κ2) is 6.39. The number of hydrazine groups is 1. The maximum Gasteiger partial charge on any atom is 0.283 e. The van der Waals surface area contributed by atoms with Gasteiger partial charge in [-0.3, -0.25) is 10.2 Å². The highest BCUT2D eigenvalue weighted by molar-refractivity contribution is 7.98. The molecule has 82 valence electrons. The highest BCUT2D eigenvalue weighted by atomic mass is 32.2. The van der Waals surface area contributed by atoms with Crippen LogP contribution >= 0.6 is 11.8 Å². The van der Waals surface area contributed by atoms with Crippen LogP contribution < -0.4 is 11.3 Å². The number of hydrogen-bond acceptors (Lipinski definition) is 5. The summed E-state index contributed by atoms with van der Waals surface area (Å²) in [6.07, 6.45) is 0. The lowest BCUT2D eigenvalue weighted by molar-refractivity contribution is 0.0948. The fourth-order valence-electron chi connectivity index (χ4n) is 1.00. The summed E-state index contributed by atoms with van der Waals surface area (Å²) < 4.78 is 0. The van der Waals surface area contributed by atoms with Crippen molar-refractivity contribution in [3.05, 3.63) is 29.6 Å². The monoisotopic (exact) mass is 227 g/mol. The summed E-state index contributed by atoms with van der Waals surface area (Å²) >= 11 is 1.56. The Kier molecular flexibility index (Phi) is 5.09. The third kappa shape index (κ3) is 3.86. The van der Waals surface area contributed by atoms with Gasteiger partial charge in [0.25, 0.3) is 5.91 Å². The summed E-state index contributed by atoms with van der Waals surface area (Å²) in [4.78, 5) is 15.3. The molecule has 5 nitrogen and oxygen atoms in total. The molecule has 0 aromatic carbocycles. The number of aliphatic hydroxyl groups excluding tert-OH is 1. The molecule has 0 saturated carbocycles. The third-order valence-corrected chi connectivity index (χ3v) is 2.63. The molecule has 0 bridgehead atoms. The molecule has 0 aliphatic carbocycles. The van der Waals surface area contributed by atoms with Crippen molar-refractivity contribution in [3.63, 3.8) is 0 Å². The van der Waals surface area contributed by atoms with Crippen LogP contribution in [-0.4, -0.2) is 28.4 Å². The van der Waals surface area contributed by atoms with Gasteiger partial charge in [0.2, 0.25) is 0 Å². The van der Waals surface area contributed by atoms with Crippen LogP contribution in [0.3, 0.4) is 0 Å². The van der Waals surface area contributed by atoms with Crippen LogP contribution in [0.5, 0.6) is 0 Å². The number of nitrogens with zero attached hydrogens (tertiary/aromatic N) is 1. The second-order valence-corrected chi connectivity index (χ2v) is 3.87. The Hall–Kier alpha value is -1.11. The van der Waals surface area contributed by atoms with Gasteiger partial charge in [-0.1, -0.05) is 6.07 Å². The molecule has 1 aromatic rings. The Morgan fingerprint density at radius 3 is 3.07 bits per heavy atom. The summed E-state index contributed by atoms with van der Waals surface area (Å²) in [6, 6.07) is 5.19. The smallest absolute Gasteiger partial charge is 0.283 e. The number of thioether (sulfide) groups is 1. The first kappa shape index (κ1) is 12.0. The van der Waals surface area contributed by atoms with Gasteiger partial charge in [0, 0.05) is 11.5 Å². The molecule has 15 heavy (non-hydrogen) atoms. The summed E-state index contributed by atoms with van der Waals surface area (Å²) in [6.45, 7) is 0.146. The van der Waals surface area contributed by atoms with E-state index in [1.54, 1.807) is 23.9 Å². The number of amides is 1. The van der Waals surface area contributed by atoms with Crippen molar-refractivity contribution >= 4 is 17.7 Å². The van der Waals surface area contributed by atoms with Crippen molar-refractivity contribution in [2.75, 3.05) is 12.4 Å². The zero-order valence-electron chi connectivity index (χ0n) is 8.14. The minimum absolute atomic E-state index is 0.146. The molecule has 0 saturated heterocycles. The van der Waals surface area contributed by atoms with Gasteiger partial charge in [0.1, 0.15) is 5.69 Å². The number of carbonyl (C=O) groups excluding carboxylic acids is 1. The van der Waals surface area contributed by atoms with Crippen molar-refractivity contribution in [3.8, 4) is 0 Å². The van der Waals surface area contributed by atoms with Crippen LogP contribution in [0, 0.1) is 0 Å². The number of nitrogen functional groups attached to an aromatic ring is 1. The Morgan fingerprint density at radius 2 is 2.40 bits per heavy atom. The van der Waals surface area contributed by atoms with Gasteiger partial charge in [-0.05, 0) is 12.1 Å². The molecule has 0 radical (unpaired) electrons. The maximum atomic E-state index is 11.2. The van der Waals surface area contributed by atoms with E-state index >= 15 is 0 Å². The molecule has 0 unspecified atom stereocenters. The molecule has 1 heterocycles. The Labute approximate surface area is 92.0 Å². The highest BCUT2D eigenvalue weighted by Gasteiger charge is 2.05. The van der Waals surface area contributed by atoms with E-state index in [2.05, 4.69) is 4.98 Å². The molecule has 1 amide bonds. The Morgan fingerprint density at radius 1 is 1.60 bits per heavy atom. The average Bonchev–Trinajstić information content (AvgIpc) is 2.29. The zero-order chi connectivity index (χ0) is 11.1. The number of nitrogens with one attached hydrogen (secondary N) is 1. The molecule has 0 aliphatic heterocycles. The standard InChI is InChI=1S/C9H13N3O2S/c10-12-9(14)8-3-1-2-7(11-8)6-15-5-4-13/h1-3,13H,4-6,10H2,(H,12,14). The molecule has 0 spiro atoms. The third-order valence-electron chi connectivity index (χ3n) is 1.66. The number of aromatic nitrogens is 1. The van der Waals surface area contributed by atoms with Crippen molar-refractivity contribution in [2.45, 2.75) is 5.75 Å². The fourth-order valence-corrected chi connectivity index (χ4v) is 1.65. The quantitative estimate of drug-likeness (QED) is 0.283. The van der Waals surface area contributed by atoms with E-state index in [4.69, 9.17) is 10.9 Å². The van der Waals surface area contributed by atoms with Gasteiger partial charge in [0.15, 0.2) is 0 Å². The first-order valence-electron chi connectivity index (χ1n) is 4.43. The second-order valence-electron chi connectivity index (χ2n) is 2.76. The summed E-state index contributed by atoms with van der Waals surface area (Å²) in [7, 11) is 0. The SMILES string of the molecule is NNC(=O)c1cccc(CSCCO)n1. The zero-order valence-corrected chi connectivity index (χ0v) is 8.96. The Balaban J connectivity index is 2.62. The minimum atomic E-state index is -0.399. The van der Waals surface area contributed by atoms with Crippen LogP contribution in [-0.2, 0) is 5.75 Å². The van der Waals surface area contributed by atoms with E-state index in [1.165, 1.54) is 0 Å². The molecule has 4 N–H and O–H groups in total. The number of rotatable bonds is 5. The molecule has 0 aliphatic rings. The van der Waals surface area contributed by atoms with Gasteiger partial charge in [-0.15, -0.1) is 0 Å². The number of aliphatic hydroxyl groups is 1. The molecule has 0 atom stereocenters. The van der Waals surface area contributed by atoms with E-state index in [-0.39, 0.29) is 6.61 Å². The molecule has 0 fully saturated rings. The largest absolute Gasteiger partial charge is 0.396 e. The predicted molar refractivity (Wildman–Crippen MR) is 59.1 cm³/mol. The first-order chi connectivity index (χ1) is 7.27. The fraction of sp³-hybridized carbons (Fsp3) is 0.333. The molecular formula is C9H13N3O2S. The van der Waals surface area contributed by atoms with Crippen LogP contribution in [0.25, 0.3) is 0 Å². The lowest BCUT2D eigenvalue weighted by atomic mass is 10.3. The van der Waals surface area contributed by atoms with E-state index in [0.717, 1.165) is 5.69 Å². The molecule has 6 heteroatoms. The maximum absolute atomic E-state index is 11.2. The average molecular weight is 227 g/mol. The van der Waals surface area contributed by atoms with E-state index in [1.807, 2.05) is 11.5 Å². The van der Waals surface area contributed by atoms with Crippen molar-refractivity contribution < 1.29 is 9.90 Å². The highest BCUT2D eigenvalue weighted by Crippen LogP contribution is 2.09. The molecule has 1 rings (SSSR count). The van der Waals surface area contributed by atoms with Crippen molar-refractivity contribution in [1.82, 2.24) is 10.4 Å². The summed E-state index contributed by atoms with van der Waals surface area (Å²) in [5.74, 6) is 5.93. The summed E-state index contributed by atoms with van der Waals surface area (Å²) in [5.41, 5.74) is 3.13. The van der Waals surface area contributed by atoms with Gasteiger partial charge >= 0.3 is 0 Å². The van der Waals surface area contributed by atoms with Crippen LogP contribution in [0.1, 0.15) is 16.2 Å².